The number of aryl methyl sites for hydroxylation is 1. The second-order valence-electron chi connectivity index (χ2n) is 6.82. The number of aromatic nitrogens is 2. The van der Waals surface area contributed by atoms with E-state index in [2.05, 4.69) is 14.9 Å². The Morgan fingerprint density at radius 1 is 1.22 bits per heavy atom. The molecule has 4 rings (SSSR count). The van der Waals surface area contributed by atoms with Crippen molar-refractivity contribution in [2.75, 3.05) is 6.54 Å². The van der Waals surface area contributed by atoms with E-state index in [1.165, 1.54) is 6.07 Å². The van der Waals surface area contributed by atoms with Gasteiger partial charge in [-0.05, 0) is 25.0 Å². The van der Waals surface area contributed by atoms with Crippen molar-refractivity contribution in [1.82, 2.24) is 14.9 Å². The Bertz CT molecular complexity index is 1050. The zero-order chi connectivity index (χ0) is 19.0. The molecule has 0 aliphatic carbocycles. The Labute approximate surface area is 161 Å². The van der Waals surface area contributed by atoms with Crippen LogP contribution in [0.5, 0.6) is 0 Å². The summed E-state index contributed by atoms with van der Waals surface area (Å²) in [4.78, 5) is 22.1. The van der Waals surface area contributed by atoms with E-state index >= 15 is 0 Å². The first-order valence-electron chi connectivity index (χ1n) is 8.86. The van der Waals surface area contributed by atoms with E-state index in [0.717, 1.165) is 16.8 Å². The van der Waals surface area contributed by atoms with Gasteiger partial charge in [0.05, 0.1) is 10.7 Å². The molecule has 3 aromatic rings. The minimum atomic E-state index is -0.305. The van der Waals surface area contributed by atoms with Crippen molar-refractivity contribution in [2.45, 2.75) is 26.4 Å². The van der Waals surface area contributed by atoms with Gasteiger partial charge >= 0.3 is 0 Å². The molecule has 1 aliphatic rings. The van der Waals surface area contributed by atoms with E-state index in [-0.39, 0.29) is 11.4 Å². The molecule has 0 spiro atoms. The molecule has 0 fully saturated rings. The molecule has 27 heavy (non-hydrogen) atoms. The third-order valence-electron chi connectivity index (χ3n) is 4.96. The molecule has 1 aliphatic heterocycles. The number of benzene rings is 2. The van der Waals surface area contributed by atoms with Crippen molar-refractivity contribution in [1.29, 1.82) is 0 Å². The van der Waals surface area contributed by atoms with E-state index in [9.17, 15) is 9.18 Å². The van der Waals surface area contributed by atoms with Crippen LogP contribution in [-0.2, 0) is 19.5 Å². The maximum absolute atomic E-state index is 14.2. The molecule has 1 aromatic heterocycles. The summed E-state index contributed by atoms with van der Waals surface area (Å²) >= 11 is 6.31. The second kappa shape index (κ2) is 7.25. The number of rotatable bonds is 3. The summed E-state index contributed by atoms with van der Waals surface area (Å²) < 4.78 is 14.2. The highest BCUT2D eigenvalue weighted by atomic mass is 35.5. The quantitative estimate of drug-likeness (QED) is 0.740. The van der Waals surface area contributed by atoms with Gasteiger partial charge < -0.3 is 4.98 Å². The maximum atomic E-state index is 14.2. The molecule has 0 radical (unpaired) electrons. The Morgan fingerprint density at radius 2 is 2.00 bits per heavy atom. The van der Waals surface area contributed by atoms with Crippen molar-refractivity contribution in [3.63, 3.8) is 0 Å². The molecule has 0 bridgehead atoms. The van der Waals surface area contributed by atoms with Gasteiger partial charge in [0.1, 0.15) is 11.6 Å². The van der Waals surface area contributed by atoms with Gasteiger partial charge in [-0.2, -0.15) is 0 Å². The lowest BCUT2D eigenvalue weighted by atomic mass is 10.0. The van der Waals surface area contributed by atoms with Crippen LogP contribution in [0.15, 0.2) is 47.3 Å². The fraction of sp³-hybridized carbons (Fsp3) is 0.238. The topological polar surface area (TPSA) is 49.0 Å². The molecule has 2 heterocycles. The standard InChI is InChI=1S/C21H19ClFN3O/c1-13-7-8-17(23)16(19(13)22)11-26-10-9-15-18(12-26)24-20(25-21(15)27)14-5-3-2-4-6-14/h2-8H,9-12H2,1H3,(H,24,25,27). The molecule has 0 saturated heterocycles. The van der Waals surface area contributed by atoms with E-state index in [1.54, 1.807) is 6.07 Å². The van der Waals surface area contributed by atoms with E-state index in [4.69, 9.17) is 11.6 Å². The fourth-order valence-electron chi connectivity index (χ4n) is 3.44. The predicted molar refractivity (Wildman–Crippen MR) is 104 cm³/mol. The first-order valence-corrected chi connectivity index (χ1v) is 9.24. The fourth-order valence-corrected chi connectivity index (χ4v) is 3.66. The summed E-state index contributed by atoms with van der Waals surface area (Å²) in [7, 11) is 0. The molecule has 6 heteroatoms. The molecule has 0 saturated carbocycles. The van der Waals surface area contributed by atoms with Crippen LogP contribution in [0, 0.1) is 12.7 Å². The number of halogens is 2. The van der Waals surface area contributed by atoms with Crippen molar-refractivity contribution < 1.29 is 4.39 Å². The minimum absolute atomic E-state index is 0.0988. The second-order valence-corrected chi connectivity index (χ2v) is 7.20. The van der Waals surface area contributed by atoms with Gasteiger partial charge in [0.15, 0.2) is 0 Å². The third-order valence-corrected chi connectivity index (χ3v) is 5.49. The Hall–Kier alpha value is -2.50. The van der Waals surface area contributed by atoms with Crippen LogP contribution in [0.25, 0.3) is 11.4 Å². The lowest BCUT2D eigenvalue weighted by molar-refractivity contribution is 0.237. The number of nitrogens with one attached hydrogen (secondary N) is 1. The van der Waals surface area contributed by atoms with Crippen LogP contribution >= 0.6 is 11.6 Å². The Balaban J connectivity index is 1.64. The zero-order valence-corrected chi connectivity index (χ0v) is 15.7. The van der Waals surface area contributed by atoms with Crippen LogP contribution in [-0.4, -0.2) is 21.4 Å². The zero-order valence-electron chi connectivity index (χ0n) is 14.9. The van der Waals surface area contributed by atoms with Crippen molar-refractivity contribution in [3.05, 3.63) is 86.0 Å². The molecule has 2 aromatic carbocycles. The summed E-state index contributed by atoms with van der Waals surface area (Å²) in [5.41, 5.74) is 3.56. The number of fused-ring (bicyclic) bond motifs is 1. The number of H-pyrrole nitrogens is 1. The lowest BCUT2D eigenvalue weighted by Crippen LogP contribution is -2.35. The molecular formula is C21H19ClFN3O. The molecular weight excluding hydrogens is 365 g/mol. The van der Waals surface area contributed by atoms with Crippen LogP contribution in [0.2, 0.25) is 5.02 Å². The van der Waals surface area contributed by atoms with Crippen LogP contribution in [0.1, 0.15) is 22.4 Å². The lowest BCUT2D eigenvalue weighted by Gasteiger charge is -2.28. The van der Waals surface area contributed by atoms with Gasteiger partial charge in [0, 0.05) is 36.3 Å². The van der Waals surface area contributed by atoms with Gasteiger partial charge in [0.25, 0.3) is 5.56 Å². The number of nitrogens with zero attached hydrogens (tertiary/aromatic N) is 2. The van der Waals surface area contributed by atoms with E-state index in [1.807, 2.05) is 37.3 Å². The van der Waals surface area contributed by atoms with Crippen LogP contribution in [0.3, 0.4) is 0 Å². The summed E-state index contributed by atoms with van der Waals surface area (Å²) in [5.74, 6) is 0.251. The van der Waals surface area contributed by atoms with Crippen molar-refractivity contribution >= 4 is 11.6 Å². The summed E-state index contributed by atoms with van der Waals surface area (Å²) in [6, 6.07) is 12.7. The maximum Gasteiger partial charge on any atom is 0.254 e. The number of hydrogen-bond acceptors (Lipinski definition) is 3. The summed E-state index contributed by atoms with van der Waals surface area (Å²) in [6.07, 6.45) is 0.581. The minimum Gasteiger partial charge on any atom is -0.306 e. The smallest absolute Gasteiger partial charge is 0.254 e. The average molecular weight is 384 g/mol. The number of aromatic amines is 1. The third kappa shape index (κ3) is 3.53. The highest BCUT2D eigenvalue weighted by Crippen LogP contribution is 2.27. The van der Waals surface area contributed by atoms with Gasteiger partial charge in [-0.15, -0.1) is 0 Å². The monoisotopic (exact) mass is 383 g/mol. The van der Waals surface area contributed by atoms with Crippen LogP contribution in [0.4, 0.5) is 4.39 Å². The molecule has 1 N–H and O–H groups in total. The molecule has 0 atom stereocenters. The Morgan fingerprint density at radius 3 is 2.78 bits per heavy atom. The predicted octanol–water partition coefficient (Wildman–Crippen LogP) is 4.10. The first-order chi connectivity index (χ1) is 13.0. The van der Waals surface area contributed by atoms with Gasteiger partial charge in [-0.1, -0.05) is 48.0 Å². The molecule has 138 valence electrons. The SMILES string of the molecule is Cc1ccc(F)c(CN2CCc3c(nc(-c4ccccc4)[nH]c3=O)C2)c1Cl. The summed E-state index contributed by atoms with van der Waals surface area (Å²) in [6.45, 7) is 3.40. The highest BCUT2D eigenvalue weighted by Gasteiger charge is 2.23. The van der Waals surface area contributed by atoms with Crippen LogP contribution < -0.4 is 5.56 Å². The molecule has 0 amide bonds. The van der Waals surface area contributed by atoms with E-state index in [0.29, 0.717) is 48.0 Å². The molecule has 0 unspecified atom stereocenters. The molecule has 4 nitrogen and oxygen atoms in total. The number of hydrogen-bond donors (Lipinski definition) is 1. The van der Waals surface area contributed by atoms with Crippen molar-refractivity contribution in [3.8, 4) is 11.4 Å². The average Bonchev–Trinajstić information content (AvgIpc) is 2.68. The first kappa shape index (κ1) is 17.9. The van der Waals surface area contributed by atoms with Gasteiger partial charge in [0.2, 0.25) is 0 Å². The highest BCUT2D eigenvalue weighted by molar-refractivity contribution is 6.32. The summed E-state index contributed by atoms with van der Waals surface area (Å²) in [5, 5.41) is 0.463. The van der Waals surface area contributed by atoms with Gasteiger partial charge in [-0.25, -0.2) is 9.37 Å². The largest absolute Gasteiger partial charge is 0.306 e. The van der Waals surface area contributed by atoms with Gasteiger partial charge in [-0.3, -0.25) is 9.69 Å². The normalized spacial score (nSPS) is 14.2. The van der Waals surface area contributed by atoms with Crippen molar-refractivity contribution in [2.24, 2.45) is 0 Å². The Kier molecular flexibility index (Phi) is 4.81. The van der Waals surface area contributed by atoms with E-state index < -0.39 is 0 Å².